The molecular formula is C49H65N11O7. The highest BCUT2D eigenvalue weighted by Gasteiger charge is 2.27. The number of H-pyrrole nitrogens is 2. The second-order valence-corrected chi connectivity index (χ2v) is 16.6. The van der Waals surface area contributed by atoms with E-state index in [1.54, 1.807) is 18.5 Å². The molecule has 1 unspecified atom stereocenters. The number of amides is 7. The molecule has 7 amide bonds. The van der Waals surface area contributed by atoms with E-state index in [1.807, 2.05) is 80.8 Å². The number of nitrogens with two attached hydrogens (primary N) is 1. The molecule has 0 saturated heterocycles. The van der Waals surface area contributed by atoms with E-state index in [0.29, 0.717) is 45.3 Å². The van der Waals surface area contributed by atoms with Crippen LogP contribution in [0.1, 0.15) is 62.6 Å². The molecule has 1 atom stereocenters. The molecule has 67 heavy (non-hydrogen) atoms. The fourth-order valence-electron chi connectivity index (χ4n) is 7.88. The summed E-state index contributed by atoms with van der Waals surface area (Å²) in [6.07, 6.45) is 9.56. The highest BCUT2D eigenvalue weighted by Crippen LogP contribution is 2.20. The third kappa shape index (κ3) is 16.4. The zero-order valence-electron chi connectivity index (χ0n) is 38.6. The van der Waals surface area contributed by atoms with E-state index in [4.69, 9.17) is 5.73 Å². The number of Topliss-reactive ketones (excluding diaryl/α,β-unsaturated/α-hetero) is 1. The summed E-state index contributed by atoms with van der Waals surface area (Å²) >= 11 is 0. The van der Waals surface area contributed by atoms with Crippen molar-refractivity contribution in [2.24, 2.45) is 11.7 Å². The summed E-state index contributed by atoms with van der Waals surface area (Å²) < 4.78 is 0. The summed E-state index contributed by atoms with van der Waals surface area (Å²) in [6, 6.07) is 18.5. The number of para-hydroxylation sites is 2. The number of benzene rings is 2. The molecule has 0 spiro atoms. The topological polar surface area (TPSA) is 248 Å². The molecule has 5 rings (SSSR count). The van der Waals surface area contributed by atoms with E-state index in [2.05, 4.69) is 36.2 Å². The van der Waals surface area contributed by atoms with Gasteiger partial charge in [0.25, 0.3) is 0 Å². The number of fused-ring (bicyclic) bond motifs is 2. The number of carbonyl (C=O) groups excluding carboxylic acids is 7. The Kier molecular flexibility index (Phi) is 20.3. The molecule has 18 heteroatoms. The zero-order valence-corrected chi connectivity index (χ0v) is 38.6. The first-order valence-corrected chi connectivity index (χ1v) is 23.1. The average molecular weight is 920 g/mol. The third-order valence-electron chi connectivity index (χ3n) is 11.4. The van der Waals surface area contributed by atoms with E-state index in [1.165, 1.54) is 14.7 Å². The van der Waals surface area contributed by atoms with Crippen molar-refractivity contribution in [2.75, 3.05) is 65.4 Å². The monoisotopic (exact) mass is 920 g/mol. The Hall–Kier alpha value is -7.08. The number of primary amides is 1. The number of ketones is 1. The molecule has 0 bridgehead atoms. The maximum atomic E-state index is 14.0. The van der Waals surface area contributed by atoms with Crippen LogP contribution < -0.4 is 27.0 Å². The van der Waals surface area contributed by atoms with E-state index < -0.39 is 36.2 Å². The SMILES string of the molecule is CCCNC(=O)CN(CCC)C(=O)CN(CCc1c[nH]c2ccccc12)C(=O)CNC(=O)C(CCCNC(N)=O)CC(=O)CN(CCc1c[nH]c2ccccc12)C(=O)CNCc1cccnc1. The number of aromatic nitrogens is 3. The summed E-state index contributed by atoms with van der Waals surface area (Å²) in [5.41, 5.74) is 9.98. The van der Waals surface area contributed by atoms with Gasteiger partial charge in [0.15, 0.2) is 5.78 Å². The van der Waals surface area contributed by atoms with Crippen molar-refractivity contribution in [3.05, 3.63) is 102 Å². The molecule has 0 aliphatic carbocycles. The van der Waals surface area contributed by atoms with Gasteiger partial charge in [-0.1, -0.05) is 56.3 Å². The van der Waals surface area contributed by atoms with Crippen molar-refractivity contribution in [3.63, 3.8) is 0 Å². The molecule has 0 aliphatic heterocycles. The smallest absolute Gasteiger partial charge is 0.312 e. The zero-order chi connectivity index (χ0) is 48.0. The molecule has 0 saturated carbocycles. The van der Waals surface area contributed by atoms with Gasteiger partial charge in [-0.15, -0.1) is 0 Å². The fraction of sp³-hybridized carbons (Fsp3) is 0.429. The number of hydrogen-bond donors (Lipinski definition) is 7. The fourth-order valence-corrected chi connectivity index (χ4v) is 7.88. The largest absolute Gasteiger partial charge is 0.361 e. The lowest BCUT2D eigenvalue weighted by atomic mass is 9.95. The van der Waals surface area contributed by atoms with Crippen LogP contribution >= 0.6 is 0 Å². The first kappa shape index (κ1) is 50.9. The second kappa shape index (κ2) is 26.8. The normalized spacial score (nSPS) is 11.5. The number of carbonyl (C=O) groups is 7. The van der Waals surface area contributed by atoms with Gasteiger partial charge in [0, 0.05) is 98.2 Å². The summed E-state index contributed by atoms with van der Waals surface area (Å²) in [7, 11) is 0. The number of pyridine rings is 1. The molecule has 8 N–H and O–H groups in total. The predicted molar refractivity (Wildman–Crippen MR) is 256 cm³/mol. The van der Waals surface area contributed by atoms with Crippen molar-refractivity contribution in [1.82, 2.24) is 50.9 Å². The number of nitrogens with zero attached hydrogens (tertiary/aromatic N) is 4. The molecule has 0 radical (unpaired) electrons. The number of hydrogen-bond acceptors (Lipinski definition) is 9. The Morgan fingerprint density at radius 3 is 1.91 bits per heavy atom. The molecular weight excluding hydrogens is 855 g/mol. The Morgan fingerprint density at radius 1 is 0.672 bits per heavy atom. The van der Waals surface area contributed by atoms with Gasteiger partial charge >= 0.3 is 6.03 Å². The average Bonchev–Trinajstić information content (AvgIpc) is 3.95. The van der Waals surface area contributed by atoms with Crippen molar-refractivity contribution in [2.45, 2.75) is 65.3 Å². The minimum absolute atomic E-state index is 0.0392. The summed E-state index contributed by atoms with van der Waals surface area (Å²) in [5.74, 6) is -3.38. The minimum atomic E-state index is -0.924. The quantitative estimate of drug-likeness (QED) is 0.0348. The van der Waals surface area contributed by atoms with E-state index >= 15 is 0 Å². The Morgan fingerprint density at radius 2 is 1.30 bits per heavy atom. The predicted octanol–water partition coefficient (Wildman–Crippen LogP) is 3.18. The van der Waals surface area contributed by atoms with Crippen molar-refractivity contribution in [1.29, 1.82) is 0 Å². The Labute approximate surface area is 391 Å². The van der Waals surface area contributed by atoms with Crippen LogP contribution in [-0.2, 0) is 48.2 Å². The van der Waals surface area contributed by atoms with Gasteiger partial charge < -0.3 is 51.7 Å². The van der Waals surface area contributed by atoms with Gasteiger partial charge in [-0.3, -0.25) is 33.8 Å². The molecule has 2 aromatic carbocycles. The van der Waals surface area contributed by atoms with E-state index in [9.17, 15) is 33.6 Å². The first-order chi connectivity index (χ1) is 32.4. The lowest BCUT2D eigenvalue weighted by Crippen LogP contribution is -2.49. The van der Waals surface area contributed by atoms with Crippen molar-refractivity contribution >= 4 is 63.2 Å². The van der Waals surface area contributed by atoms with Crippen LogP contribution in [-0.4, -0.2) is 136 Å². The van der Waals surface area contributed by atoms with Gasteiger partial charge in [-0.25, -0.2) is 4.79 Å². The maximum Gasteiger partial charge on any atom is 0.312 e. The molecule has 358 valence electrons. The number of nitrogens with one attached hydrogen (secondary N) is 6. The Balaban J connectivity index is 1.28. The molecule has 3 aromatic heterocycles. The first-order valence-electron chi connectivity index (χ1n) is 23.1. The minimum Gasteiger partial charge on any atom is -0.361 e. The standard InChI is InChI=1S/C49H65N11O7/c1-3-19-53-44(62)33-58(22-4-2)47(65)34-60(24-18-38-29-56-43-16-8-6-14-41(38)43)46(64)31-57-48(66)36(12-10-21-54-49(50)67)25-39(61)32-59(45(63)30-52-27-35-11-9-20-51-26-35)23-17-37-28-55-42-15-7-5-13-40(37)42/h5-9,11,13-16,20,26,28-29,36,52,55-56H,3-4,10,12,17-19,21-25,27,30-34H2,1-2H3,(H,53,62)(H,57,66)(H3,50,54,67). The van der Waals surface area contributed by atoms with Crippen molar-refractivity contribution in [3.8, 4) is 0 Å². The lowest BCUT2D eigenvalue weighted by Gasteiger charge is -2.28. The van der Waals surface area contributed by atoms with Crippen LogP contribution in [0.5, 0.6) is 0 Å². The van der Waals surface area contributed by atoms with Gasteiger partial charge in [-0.2, -0.15) is 0 Å². The Bertz CT molecular complexity index is 2420. The number of urea groups is 1. The van der Waals surface area contributed by atoms with Crippen LogP contribution in [0.15, 0.2) is 85.5 Å². The highest BCUT2D eigenvalue weighted by atomic mass is 16.2. The van der Waals surface area contributed by atoms with Gasteiger partial charge in [0.2, 0.25) is 29.5 Å². The maximum absolute atomic E-state index is 14.0. The van der Waals surface area contributed by atoms with Crippen LogP contribution in [0.4, 0.5) is 4.79 Å². The van der Waals surface area contributed by atoms with Gasteiger partial charge in [0.05, 0.1) is 32.7 Å². The summed E-state index contributed by atoms with van der Waals surface area (Å²) in [5, 5.41) is 13.2. The van der Waals surface area contributed by atoms with E-state index in [0.717, 1.165) is 44.9 Å². The molecule has 18 nitrogen and oxygen atoms in total. The molecule has 5 aromatic rings. The third-order valence-corrected chi connectivity index (χ3v) is 11.4. The van der Waals surface area contributed by atoms with Crippen LogP contribution in [0.2, 0.25) is 0 Å². The van der Waals surface area contributed by atoms with Crippen molar-refractivity contribution < 1.29 is 33.6 Å². The molecule has 0 fully saturated rings. The van der Waals surface area contributed by atoms with Gasteiger partial charge in [-0.05, 0) is 73.4 Å². The highest BCUT2D eigenvalue weighted by molar-refractivity contribution is 5.93. The molecule has 0 aliphatic rings. The molecule has 3 heterocycles. The van der Waals surface area contributed by atoms with E-state index in [-0.39, 0.29) is 76.3 Å². The number of rotatable bonds is 29. The summed E-state index contributed by atoms with van der Waals surface area (Å²) in [4.78, 5) is 108. The number of aromatic amines is 2. The lowest BCUT2D eigenvalue weighted by molar-refractivity contribution is -0.142. The van der Waals surface area contributed by atoms with Crippen LogP contribution in [0, 0.1) is 5.92 Å². The second-order valence-electron chi connectivity index (χ2n) is 16.6. The van der Waals surface area contributed by atoms with Crippen LogP contribution in [0.25, 0.3) is 21.8 Å². The van der Waals surface area contributed by atoms with Crippen LogP contribution in [0.3, 0.4) is 0 Å². The summed E-state index contributed by atoms with van der Waals surface area (Å²) in [6.45, 7) is 4.31. The van der Waals surface area contributed by atoms with Gasteiger partial charge in [0.1, 0.15) is 0 Å².